The van der Waals surface area contributed by atoms with Crippen LogP contribution in [0, 0.1) is 0 Å². The SMILES string of the molecule is CCNS(=O)(=O)c1ccc(C(=O)N[C@H]2CCCNC2)cc1. The second-order valence-corrected chi connectivity index (χ2v) is 6.81. The molecular formula is C14H21N3O3S. The maximum absolute atomic E-state index is 12.1. The van der Waals surface area contributed by atoms with Crippen molar-refractivity contribution in [3.63, 3.8) is 0 Å². The molecule has 0 spiro atoms. The number of rotatable bonds is 5. The molecule has 0 bridgehead atoms. The second-order valence-electron chi connectivity index (χ2n) is 5.04. The Morgan fingerprint density at radius 2 is 2.05 bits per heavy atom. The topological polar surface area (TPSA) is 87.3 Å². The zero-order valence-electron chi connectivity index (χ0n) is 12.1. The van der Waals surface area contributed by atoms with Gasteiger partial charge < -0.3 is 10.6 Å². The minimum Gasteiger partial charge on any atom is -0.348 e. The molecule has 1 fully saturated rings. The van der Waals surface area contributed by atoms with Gasteiger partial charge in [0.05, 0.1) is 4.90 Å². The van der Waals surface area contributed by atoms with E-state index in [1.807, 2.05) is 0 Å². The van der Waals surface area contributed by atoms with Gasteiger partial charge in [0.1, 0.15) is 0 Å². The standard InChI is InChI=1S/C14H21N3O3S/c1-2-16-21(19,20)13-7-5-11(6-8-13)14(18)17-12-4-3-9-15-10-12/h5-8,12,15-16H,2-4,9-10H2,1H3,(H,17,18)/t12-/m0/s1. The van der Waals surface area contributed by atoms with Crippen LogP contribution in [0.3, 0.4) is 0 Å². The third-order valence-corrected chi connectivity index (χ3v) is 4.95. The van der Waals surface area contributed by atoms with Gasteiger partial charge in [-0.2, -0.15) is 0 Å². The van der Waals surface area contributed by atoms with Crippen molar-refractivity contribution in [2.45, 2.75) is 30.7 Å². The van der Waals surface area contributed by atoms with E-state index in [1.165, 1.54) is 24.3 Å². The lowest BCUT2D eigenvalue weighted by molar-refractivity contribution is 0.0930. The van der Waals surface area contributed by atoms with E-state index in [-0.39, 0.29) is 16.8 Å². The summed E-state index contributed by atoms with van der Waals surface area (Å²) in [5, 5.41) is 6.18. The summed E-state index contributed by atoms with van der Waals surface area (Å²) in [7, 11) is -3.47. The van der Waals surface area contributed by atoms with Gasteiger partial charge in [-0.3, -0.25) is 4.79 Å². The fourth-order valence-electron chi connectivity index (χ4n) is 2.30. The molecule has 1 aliphatic rings. The van der Waals surface area contributed by atoms with Crippen molar-refractivity contribution in [3.8, 4) is 0 Å². The van der Waals surface area contributed by atoms with Gasteiger partial charge in [0.25, 0.3) is 5.91 Å². The average molecular weight is 311 g/mol. The Hall–Kier alpha value is -1.44. The first-order valence-corrected chi connectivity index (χ1v) is 8.62. The molecule has 0 unspecified atom stereocenters. The van der Waals surface area contributed by atoms with Crippen molar-refractivity contribution in [1.82, 2.24) is 15.4 Å². The summed E-state index contributed by atoms with van der Waals surface area (Å²) in [5.74, 6) is -0.170. The first-order chi connectivity index (χ1) is 10.0. The average Bonchev–Trinajstić information content (AvgIpc) is 2.48. The molecule has 21 heavy (non-hydrogen) atoms. The molecule has 1 aromatic carbocycles. The highest BCUT2D eigenvalue weighted by Crippen LogP contribution is 2.11. The summed E-state index contributed by atoms with van der Waals surface area (Å²) in [5.41, 5.74) is 0.469. The van der Waals surface area contributed by atoms with E-state index in [1.54, 1.807) is 6.92 Å². The Morgan fingerprint density at radius 1 is 1.33 bits per heavy atom. The fourth-order valence-corrected chi connectivity index (χ4v) is 3.34. The number of piperidine rings is 1. The third kappa shape index (κ3) is 4.26. The molecule has 3 N–H and O–H groups in total. The first kappa shape index (κ1) is 15.9. The van der Waals surface area contributed by atoms with E-state index in [9.17, 15) is 13.2 Å². The summed E-state index contributed by atoms with van der Waals surface area (Å²) in [6.07, 6.45) is 2.01. The molecule has 116 valence electrons. The van der Waals surface area contributed by atoms with Crippen LogP contribution in [0.25, 0.3) is 0 Å². The number of sulfonamides is 1. The predicted octanol–water partition coefficient (Wildman–Crippen LogP) is 0.467. The molecule has 7 heteroatoms. The lowest BCUT2D eigenvalue weighted by Crippen LogP contribution is -2.45. The quantitative estimate of drug-likeness (QED) is 0.737. The molecule has 1 heterocycles. The molecule has 1 saturated heterocycles. The fraction of sp³-hybridized carbons (Fsp3) is 0.500. The van der Waals surface area contributed by atoms with Crippen LogP contribution < -0.4 is 15.4 Å². The first-order valence-electron chi connectivity index (χ1n) is 7.14. The van der Waals surface area contributed by atoms with E-state index in [2.05, 4.69) is 15.4 Å². The van der Waals surface area contributed by atoms with Gasteiger partial charge in [-0.25, -0.2) is 13.1 Å². The maximum atomic E-state index is 12.1. The Morgan fingerprint density at radius 3 is 2.62 bits per heavy atom. The third-order valence-electron chi connectivity index (χ3n) is 3.39. The summed E-state index contributed by atoms with van der Waals surface area (Å²) < 4.78 is 26.0. The monoisotopic (exact) mass is 311 g/mol. The van der Waals surface area contributed by atoms with E-state index in [4.69, 9.17) is 0 Å². The minimum atomic E-state index is -3.47. The zero-order valence-corrected chi connectivity index (χ0v) is 12.9. The van der Waals surface area contributed by atoms with Gasteiger partial charge in [0.15, 0.2) is 0 Å². The highest BCUT2D eigenvalue weighted by Gasteiger charge is 2.17. The van der Waals surface area contributed by atoms with Crippen LogP contribution in [-0.4, -0.2) is 40.0 Å². The lowest BCUT2D eigenvalue weighted by atomic mass is 10.1. The molecule has 0 aliphatic carbocycles. The van der Waals surface area contributed by atoms with Crippen LogP contribution in [0.2, 0.25) is 0 Å². The highest BCUT2D eigenvalue weighted by molar-refractivity contribution is 7.89. The van der Waals surface area contributed by atoms with Gasteiger partial charge in [0.2, 0.25) is 10.0 Å². The van der Waals surface area contributed by atoms with Crippen LogP contribution in [0.5, 0.6) is 0 Å². The summed E-state index contributed by atoms with van der Waals surface area (Å²) in [4.78, 5) is 12.3. The molecule has 1 amide bonds. The Bertz CT molecular complexity index is 578. The largest absolute Gasteiger partial charge is 0.348 e. The predicted molar refractivity (Wildman–Crippen MR) is 80.7 cm³/mol. The van der Waals surface area contributed by atoms with Crippen LogP contribution >= 0.6 is 0 Å². The molecule has 2 rings (SSSR count). The number of carbonyl (C=O) groups excluding carboxylic acids is 1. The normalized spacial score (nSPS) is 19.2. The molecule has 1 aromatic rings. The molecule has 0 radical (unpaired) electrons. The van der Waals surface area contributed by atoms with Crippen molar-refractivity contribution < 1.29 is 13.2 Å². The lowest BCUT2D eigenvalue weighted by Gasteiger charge is -2.23. The van der Waals surface area contributed by atoms with Crippen molar-refractivity contribution in [1.29, 1.82) is 0 Å². The van der Waals surface area contributed by atoms with E-state index >= 15 is 0 Å². The summed E-state index contributed by atoms with van der Waals surface area (Å²) in [6, 6.07) is 6.11. The summed E-state index contributed by atoms with van der Waals surface area (Å²) in [6.45, 7) is 3.82. The Balaban J connectivity index is 2.02. The molecule has 6 nitrogen and oxygen atoms in total. The smallest absolute Gasteiger partial charge is 0.251 e. The van der Waals surface area contributed by atoms with Crippen molar-refractivity contribution >= 4 is 15.9 Å². The molecule has 1 aliphatic heterocycles. The van der Waals surface area contributed by atoms with Crippen LogP contribution in [-0.2, 0) is 10.0 Å². The van der Waals surface area contributed by atoms with Gasteiger partial charge in [-0.05, 0) is 43.7 Å². The van der Waals surface area contributed by atoms with E-state index in [0.29, 0.717) is 12.1 Å². The van der Waals surface area contributed by atoms with Gasteiger partial charge in [0, 0.05) is 24.7 Å². The van der Waals surface area contributed by atoms with Crippen molar-refractivity contribution in [2.24, 2.45) is 0 Å². The van der Waals surface area contributed by atoms with E-state index in [0.717, 1.165) is 25.9 Å². The second kappa shape index (κ2) is 7.02. The van der Waals surface area contributed by atoms with Crippen molar-refractivity contribution in [2.75, 3.05) is 19.6 Å². The number of carbonyl (C=O) groups is 1. The molecular weight excluding hydrogens is 290 g/mol. The number of benzene rings is 1. The van der Waals surface area contributed by atoms with E-state index < -0.39 is 10.0 Å². The highest BCUT2D eigenvalue weighted by atomic mass is 32.2. The number of hydrogen-bond donors (Lipinski definition) is 3. The number of hydrogen-bond acceptors (Lipinski definition) is 4. The number of nitrogens with one attached hydrogen (secondary N) is 3. The van der Waals surface area contributed by atoms with Crippen LogP contribution in [0.4, 0.5) is 0 Å². The van der Waals surface area contributed by atoms with Gasteiger partial charge in [-0.1, -0.05) is 6.92 Å². The minimum absolute atomic E-state index is 0.136. The maximum Gasteiger partial charge on any atom is 0.251 e. The zero-order chi connectivity index (χ0) is 15.3. The molecule has 1 atom stereocenters. The van der Waals surface area contributed by atoms with Crippen molar-refractivity contribution in [3.05, 3.63) is 29.8 Å². The van der Waals surface area contributed by atoms with Gasteiger partial charge in [-0.15, -0.1) is 0 Å². The molecule has 0 saturated carbocycles. The van der Waals surface area contributed by atoms with Crippen LogP contribution in [0.15, 0.2) is 29.2 Å². The van der Waals surface area contributed by atoms with Gasteiger partial charge >= 0.3 is 0 Å². The molecule has 0 aromatic heterocycles. The Kier molecular flexibility index (Phi) is 5.33. The summed E-state index contributed by atoms with van der Waals surface area (Å²) >= 11 is 0. The Labute approximate surface area is 125 Å². The van der Waals surface area contributed by atoms with Crippen LogP contribution in [0.1, 0.15) is 30.1 Å². The number of amides is 1.